The third-order valence-electron chi connectivity index (χ3n) is 17.5. The summed E-state index contributed by atoms with van der Waals surface area (Å²) < 4.78 is 16.7. The molecule has 1 rings (SSSR count). The quantitative estimate of drug-likeness (QED) is 0.0195. The zero-order valence-corrected chi connectivity index (χ0v) is 57.6. The van der Waals surface area contributed by atoms with Crippen LogP contribution in [0.25, 0.3) is 0 Å². The predicted octanol–water partition coefficient (Wildman–Crippen LogP) is 19.9. The van der Waals surface area contributed by atoms with Crippen LogP contribution in [0.5, 0.6) is 0 Å². The van der Waals surface area contributed by atoms with Crippen LogP contribution in [-0.4, -0.2) is 100 Å². The van der Waals surface area contributed by atoms with Crippen molar-refractivity contribution in [2.45, 2.75) is 391 Å². The van der Waals surface area contributed by atoms with Crippen LogP contribution in [0.2, 0.25) is 0 Å². The van der Waals surface area contributed by atoms with E-state index in [1.54, 1.807) is 6.08 Å². The van der Waals surface area contributed by atoms with Crippen molar-refractivity contribution in [2.24, 2.45) is 0 Å². The molecular weight excluding hydrogens is 1110 g/mol. The molecule has 1 fully saturated rings. The molecule has 0 aromatic rings. The molecule has 7 unspecified atom stereocenters. The second-order valence-electron chi connectivity index (χ2n) is 26.0. The van der Waals surface area contributed by atoms with E-state index >= 15 is 0 Å². The van der Waals surface area contributed by atoms with Crippen molar-refractivity contribution < 1.29 is 49.3 Å². The Morgan fingerprint density at radius 1 is 0.416 bits per heavy atom. The second-order valence-corrected chi connectivity index (χ2v) is 26.0. The molecule has 0 aromatic carbocycles. The summed E-state index contributed by atoms with van der Waals surface area (Å²) in [4.78, 5) is 25.1. The second kappa shape index (κ2) is 66.6. The van der Waals surface area contributed by atoms with Gasteiger partial charge in [-0.2, -0.15) is 0 Å². The van der Waals surface area contributed by atoms with Crippen LogP contribution in [0.1, 0.15) is 348 Å². The number of unbranched alkanes of at least 4 members (excludes halogenated alkanes) is 42. The van der Waals surface area contributed by atoms with Gasteiger partial charge in [0.25, 0.3) is 0 Å². The Kier molecular flexibility index (Phi) is 62.9. The molecule has 1 aliphatic heterocycles. The number of carbonyl (C=O) groups is 2. The van der Waals surface area contributed by atoms with E-state index in [2.05, 4.69) is 79.9 Å². The summed E-state index contributed by atoms with van der Waals surface area (Å²) in [7, 11) is 0. The predicted molar refractivity (Wildman–Crippen MR) is 375 cm³/mol. The minimum Gasteiger partial charge on any atom is -0.466 e. The lowest BCUT2D eigenvalue weighted by molar-refractivity contribution is -0.302. The van der Waals surface area contributed by atoms with Crippen LogP contribution in [0.15, 0.2) is 72.9 Å². The standard InChI is InChI=1S/C78H141NO10/c1-3-5-7-9-11-13-14-42-46-50-54-58-62-66-74(83)87-67-63-59-55-51-47-44-41-39-37-35-33-31-29-27-25-23-21-19-17-15-16-18-20-22-24-26-28-30-32-34-36-38-40-43-45-49-53-57-61-65-73(82)79-70(71(81)64-60-56-52-48-12-10-8-6-4-2)69-88-78-77(86)76(85)75(84)72(68-80)89-78/h7,9,12-16,19,21,48,60,64,70-72,75-78,80-81,84-86H,3-6,8,10-11,17-18,20,22-47,49-59,61-63,65-69H2,1-2H3,(H,79,82)/b9-7-,14-13-,16-15-,21-19-,48-12+,64-60+. The third kappa shape index (κ3) is 55.3. The number of rotatable bonds is 66. The first-order valence-corrected chi connectivity index (χ1v) is 37.7. The van der Waals surface area contributed by atoms with Gasteiger partial charge in [-0.25, -0.2) is 0 Å². The van der Waals surface area contributed by atoms with Crippen LogP contribution in [-0.2, 0) is 23.8 Å². The fourth-order valence-corrected chi connectivity index (χ4v) is 11.6. The van der Waals surface area contributed by atoms with Gasteiger partial charge in [0, 0.05) is 12.8 Å². The van der Waals surface area contributed by atoms with Gasteiger partial charge in [0.05, 0.1) is 32.0 Å². The molecule has 11 nitrogen and oxygen atoms in total. The van der Waals surface area contributed by atoms with Crippen LogP contribution in [0.3, 0.4) is 0 Å². The maximum absolute atomic E-state index is 13.0. The molecule has 7 atom stereocenters. The Labute approximate surface area is 547 Å². The number of hydrogen-bond acceptors (Lipinski definition) is 10. The number of ether oxygens (including phenoxy) is 3. The number of esters is 1. The highest BCUT2D eigenvalue weighted by Gasteiger charge is 2.44. The summed E-state index contributed by atoms with van der Waals surface area (Å²) in [6, 6.07) is -0.825. The molecule has 1 saturated heterocycles. The number of aliphatic hydroxyl groups is 5. The number of hydrogen-bond donors (Lipinski definition) is 6. The van der Waals surface area contributed by atoms with Crippen molar-refractivity contribution >= 4 is 11.9 Å². The first kappa shape index (κ1) is 84.1. The molecule has 0 spiro atoms. The zero-order chi connectivity index (χ0) is 64.4. The topological polar surface area (TPSA) is 175 Å². The van der Waals surface area contributed by atoms with Gasteiger partial charge < -0.3 is 45.1 Å². The maximum atomic E-state index is 13.0. The summed E-state index contributed by atoms with van der Waals surface area (Å²) in [5, 5.41) is 54.3. The molecular formula is C78H141NO10. The number of nitrogens with one attached hydrogen (secondary N) is 1. The monoisotopic (exact) mass is 1250 g/mol. The smallest absolute Gasteiger partial charge is 0.305 e. The molecule has 0 bridgehead atoms. The van der Waals surface area contributed by atoms with E-state index in [9.17, 15) is 35.1 Å². The lowest BCUT2D eigenvalue weighted by atomic mass is 9.99. The Hall–Kier alpha value is -2.90. The molecule has 6 N–H and O–H groups in total. The molecule has 0 aliphatic carbocycles. The van der Waals surface area contributed by atoms with E-state index in [4.69, 9.17) is 14.2 Å². The Morgan fingerprint density at radius 3 is 1.22 bits per heavy atom. The van der Waals surface area contributed by atoms with E-state index in [1.807, 2.05) is 6.08 Å². The van der Waals surface area contributed by atoms with Gasteiger partial charge >= 0.3 is 5.97 Å². The van der Waals surface area contributed by atoms with Crippen molar-refractivity contribution in [1.82, 2.24) is 5.32 Å². The van der Waals surface area contributed by atoms with Crippen LogP contribution in [0.4, 0.5) is 0 Å². The average molecular weight is 1250 g/mol. The minimum absolute atomic E-state index is 0.00136. The molecule has 11 heteroatoms. The van der Waals surface area contributed by atoms with Gasteiger partial charge in [-0.3, -0.25) is 9.59 Å². The zero-order valence-electron chi connectivity index (χ0n) is 57.6. The normalized spacial score (nSPS) is 18.1. The van der Waals surface area contributed by atoms with Crippen LogP contribution < -0.4 is 5.32 Å². The van der Waals surface area contributed by atoms with Crippen molar-refractivity contribution in [3.8, 4) is 0 Å². The molecule has 0 radical (unpaired) electrons. The molecule has 89 heavy (non-hydrogen) atoms. The lowest BCUT2D eigenvalue weighted by Gasteiger charge is -2.40. The summed E-state index contributed by atoms with van der Waals surface area (Å²) in [6.07, 6.45) is 80.9. The maximum Gasteiger partial charge on any atom is 0.305 e. The van der Waals surface area contributed by atoms with Crippen molar-refractivity contribution in [1.29, 1.82) is 0 Å². The summed E-state index contributed by atoms with van der Waals surface area (Å²) in [6.45, 7) is 4.23. The first-order valence-electron chi connectivity index (χ1n) is 37.7. The number of amides is 1. The van der Waals surface area contributed by atoms with E-state index < -0.39 is 49.5 Å². The summed E-state index contributed by atoms with van der Waals surface area (Å²) in [5.41, 5.74) is 0. The van der Waals surface area contributed by atoms with Gasteiger partial charge in [-0.05, 0) is 103 Å². The van der Waals surface area contributed by atoms with Gasteiger partial charge in [0.15, 0.2) is 6.29 Å². The molecule has 0 aromatic heterocycles. The molecule has 1 heterocycles. The van der Waals surface area contributed by atoms with E-state index in [0.717, 1.165) is 70.6 Å². The largest absolute Gasteiger partial charge is 0.466 e. The molecule has 1 aliphatic rings. The van der Waals surface area contributed by atoms with Crippen molar-refractivity contribution in [3.63, 3.8) is 0 Å². The van der Waals surface area contributed by atoms with Crippen LogP contribution in [0, 0.1) is 0 Å². The van der Waals surface area contributed by atoms with Gasteiger partial charge in [-0.15, -0.1) is 0 Å². The highest BCUT2D eigenvalue weighted by atomic mass is 16.7. The fourth-order valence-electron chi connectivity index (χ4n) is 11.6. The van der Waals surface area contributed by atoms with Gasteiger partial charge in [0.2, 0.25) is 5.91 Å². The third-order valence-corrected chi connectivity index (χ3v) is 17.5. The highest BCUT2D eigenvalue weighted by molar-refractivity contribution is 5.76. The lowest BCUT2D eigenvalue weighted by Crippen LogP contribution is -2.60. The van der Waals surface area contributed by atoms with Crippen molar-refractivity contribution in [3.05, 3.63) is 72.9 Å². The Balaban J connectivity index is 1.88. The minimum atomic E-state index is -1.57. The van der Waals surface area contributed by atoms with Crippen LogP contribution >= 0.6 is 0 Å². The molecule has 0 saturated carbocycles. The van der Waals surface area contributed by atoms with E-state index in [0.29, 0.717) is 19.4 Å². The Bertz CT molecular complexity index is 1710. The number of carbonyl (C=O) groups excluding carboxylic acids is 2. The summed E-state index contributed by atoms with van der Waals surface area (Å²) >= 11 is 0. The average Bonchev–Trinajstić information content (AvgIpc) is 2.50. The fraction of sp³-hybridized carbons (Fsp3) is 0.821. The SMILES string of the molecule is CCC/C=C\C/C=C\CCCCCCCC(=O)OCCCCCCCCCCCCCCCCC/C=C\C/C=C\CCCCCCCCCCCCCCCCCCCC(=O)NC(COC1OC(CO)C(O)C(O)C1O)C(O)/C=C/CC/C=C/CCCCC. The molecule has 518 valence electrons. The van der Waals surface area contributed by atoms with Gasteiger partial charge in [-0.1, -0.05) is 305 Å². The Morgan fingerprint density at radius 2 is 0.787 bits per heavy atom. The van der Waals surface area contributed by atoms with Gasteiger partial charge in [0.1, 0.15) is 24.4 Å². The first-order chi connectivity index (χ1) is 43.7. The summed E-state index contributed by atoms with van der Waals surface area (Å²) in [5.74, 6) is -0.192. The molecule has 1 amide bonds. The number of aliphatic hydroxyl groups excluding tert-OH is 5. The highest BCUT2D eigenvalue weighted by Crippen LogP contribution is 2.23. The van der Waals surface area contributed by atoms with E-state index in [1.165, 1.54) is 250 Å². The van der Waals surface area contributed by atoms with Crippen molar-refractivity contribution in [2.75, 3.05) is 19.8 Å². The number of allylic oxidation sites excluding steroid dienone is 11. The van der Waals surface area contributed by atoms with E-state index in [-0.39, 0.29) is 18.5 Å².